The predicted molar refractivity (Wildman–Crippen MR) is 106 cm³/mol. The van der Waals surface area contributed by atoms with Crippen molar-refractivity contribution in [2.75, 3.05) is 10.8 Å². The van der Waals surface area contributed by atoms with Crippen LogP contribution < -0.4 is 4.31 Å². The number of allylic oxidation sites excluding steroid dienone is 4. The summed E-state index contributed by atoms with van der Waals surface area (Å²) >= 11 is 0. The van der Waals surface area contributed by atoms with E-state index in [2.05, 4.69) is 0 Å². The zero-order valence-corrected chi connectivity index (χ0v) is 16.5. The molecule has 2 aliphatic rings. The van der Waals surface area contributed by atoms with Gasteiger partial charge in [-0.25, -0.2) is 8.42 Å². The molecule has 0 N–H and O–H groups in total. The van der Waals surface area contributed by atoms with Gasteiger partial charge in [0.15, 0.2) is 0 Å². The fourth-order valence-electron chi connectivity index (χ4n) is 3.78. The highest BCUT2D eigenvalue weighted by molar-refractivity contribution is 7.92. The summed E-state index contributed by atoms with van der Waals surface area (Å²) in [5, 5.41) is 8.89. The minimum absolute atomic E-state index is 0.110. The predicted octanol–water partition coefficient (Wildman–Crippen LogP) is 4.84. The molecule has 0 amide bonds. The minimum Gasteiger partial charge on any atom is -0.266 e. The van der Waals surface area contributed by atoms with Crippen molar-refractivity contribution in [1.82, 2.24) is 0 Å². The van der Waals surface area contributed by atoms with Crippen LogP contribution >= 0.6 is 0 Å². The maximum Gasteiger partial charge on any atom is 0.416 e. The van der Waals surface area contributed by atoms with E-state index in [0.29, 0.717) is 24.2 Å². The average molecular weight is 430 g/mol. The highest BCUT2D eigenvalue weighted by atomic mass is 32.2. The molecule has 1 aliphatic carbocycles. The van der Waals surface area contributed by atoms with Gasteiger partial charge < -0.3 is 0 Å². The molecule has 0 fully saturated rings. The number of benzene rings is 2. The number of hydrogen-bond acceptors (Lipinski definition) is 3. The fourth-order valence-corrected chi connectivity index (χ4v) is 5.28. The molecule has 8 heteroatoms. The zero-order chi connectivity index (χ0) is 21.5. The summed E-state index contributed by atoms with van der Waals surface area (Å²) < 4.78 is 65.8. The van der Waals surface area contributed by atoms with Gasteiger partial charge >= 0.3 is 6.18 Å². The molecule has 30 heavy (non-hydrogen) atoms. The second-order valence-electron chi connectivity index (χ2n) is 7.21. The van der Waals surface area contributed by atoms with E-state index in [9.17, 15) is 21.6 Å². The molecule has 0 radical (unpaired) electrons. The third-order valence-electron chi connectivity index (χ3n) is 5.38. The van der Waals surface area contributed by atoms with E-state index >= 15 is 0 Å². The van der Waals surface area contributed by atoms with E-state index in [0.717, 1.165) is 17.2 Å². The molecule has 154 valence electrons. The number of anilines is 1. The summed E-state index contributed by atoms with van der Waals surface area (Å²) in [5.74, 6) is -0.175. The van der Waals surface area contributed by atoms with E-state index in [1.165, 1.54) is 34.6 Å². The first-order valence-electron chi connectivity index (χ1n) is 9.31. The Hall–Kier alpha value is -3.05. The molecular weight excluding hydrogens is 413 g/mol. The van der Waals surface area contributed by atoms with Crippen LogP contribution in [0.4, 0.5) is 18.9 Å². The number of halogens is 3. The molecule has 1 atom stereocenters. The Balaban J connectivity index is 1.58. The molecule has 4 nitrogen and oxygen atoms in total. The Morgan fingerprint density at radius 1 is 1.10 bits per heavy atom. The lowest BCUT2D eigenvalue weighted by Gasteiger charge is -2.21. The molecule has 4 rings (SSSR count). The highest BCUT2D eigenvalue weighted by Gasteiger charge is 2.34. The quantitative estimate of drug-likeness (QED) is 0.700. The van der Waals surface area contributed by atoms with Crippen molar-refractivity contribution in [3.05, 3.63) is 83.0 Å². The standard InChI is InChI=1S/C22H17F3N2O2S/c23-22(24,25)19-6-3-16(4-7-19)17-5-10-21-18(13-17)11-12-27(21)30(28,29)20-8-1-15(14-26)2-9-20/h1-3,5-10,13,16H,4,11-12H2. The Bertz CT molecular complexity index is 1190. The van der Waals surface area contributed by atoms with Gasteiger partial charge in [-0.15, -0.1) is 0 Å². The molecule has 0 bridgehead atoms. The zero-order valence-electron chi connectivity index (χ0n) is 15.7. The van der Waals surface area contributed by atoms with Crippen molar-refractivity contribution in [1.29, 1.82) is 5.26 Å². The first-order chi connectivity index (χ1) is 14.2. The first kappa shape index (κ1) is 20.2. The topological polar surface area (TPSA) is 61.2 Å². The minimum atomic E-state index is -4.35. The molecule has 1 heterocycles. The molecule has 1 aliphatic heterocycles. The largest absolute Gasteiger partial charge is 0.416 e. The van der Waals surface area contributed by atoms with Crippen molar-refractivity contribution in [2.45, 2.75) is 29.8 Å². The third-order valence-corrected chi connectivity index (χ3v) is 7.21. The number of fused-ring (bicyclic) bond motifs is 1. The second kappa shape index (κ2) is 7.33. The van der Waals surface area contributed by atoms with Crippen LogP contribution in [0.25, 0.3) is 0 Å². The number of nitriles is 1. The Morgan fingerprint density at radius 2 is 1.83 bits per heavy atom. The lowest BCUT2D eigenvalue weighted by Crippen LogP contribution is -2.29. The van der Waals surface area contributed by atoms with Gasteiger partial charge in [-0.1, -0.05) is 30.4 Å². The van der Waals surface area contributed by atoms with Crippen molar-refractivity contribution in [3.63, 3.8) is 0 Å². The molecule has 0 spiro atoms. The molecule has 1 unspecified atom stereocenters. The van der Waals surface area contributed by atoms with E-state index in [1.54, 1.807) is 18.2 Å². The number of alkyl halides is 3. The van der Waals surface area contributed by atoms with Crippen LogP contribution in [-0.4, -0.2) is 21.1 Å². The van der Waals surface area contributed by atoms with Crippen molar-refractivity contribution >= 4 is 15.7 Å². The number of sulfonamides is 1. The summed E-state index contributed by atoms with van der Waals surface area (Å²) in [4.78, 5) is 0.110. The lowest BCUT2D eigenvalue weighted by atomic mass is 9.89. The molecule has 0 saturated carbocycles. The molecule has 0 aromatic heterocycles. The fraction of sp³-hybridized carbons (Fsp3) is 0.227. The van der Waals surface area contributed by atoms with E-state index in [4.69, 9.17) is 5.26 Å². The molecule has 2 aromatic carbocycles. The van der Waals surface area contributed by atoms with Gasteiger partial charge in [0, 0.05) is 12.5 Å². The van der Waals surface area contributed by atoms with Gasteiger partial charge in [-0.2, -0.15) is 18.4 Å². The van der Waals surface area contributed by atoms with Gasteiger partial charge in [-0.3, -0.25) is 4.31 Å². The number of hydrogen-bond donors (Lipinski definition) is 0. The normalized spacial score (nSPS) is 18.7. The number of nitrogens with zero attached hydrogens (tertiary/aromatic N) is 2. The average Bonchev–Trinajstić information content (AvgIpc) is 3.17. The Morgan fingerprint density at radius 3 is 2.43 bits per heavy atom. The smallest absolute Gasteiger partial charge is 0.266 e. The van der Waals surface area contributed by atoms with Crippen molar-refractivity contribution < 1.29 is 21.6 Å². The van der Waals surface area contributed by atoms with Gasteiger partial charge in [-0.05, 0) is 54.3 Å². The van der Waals surface area contributed by atoms with Gasteiger partial charge in [0.2, 0.25) is 0 Å². The molecule has 0 saturated heterocycles. The third kappa shape index (κ3) is 3.61. The Labute approximate surface area is 172 Å². The van der Waals surface area contributed by atoms with Gasteiger partial charge in [0.05, 0.1) is 27.8 Å². The summed E-state index contributed by atoms with van der Waals surface area (Å²) in [6.07, 6.45) is 0.267. The summed E-state index contributed by atoms with van der Waals surface area (Å²) in [7, 11) is -3.76. The van der Waals surface area contributed by atoms with Crippen LogP contribution in [0.3, 0.4) is 0 Å². The lowest BCUT2D eigenvalue weighted by molar-refractivity contribution is -0.0886. The van der Waals surface area contributed by atoms with Crippen molar-refractivity contribution in [3.8, 4) is 6.07 Å². The summed E-state index contributed by atoms with van der Waals surface area (Å²) in [6.45, 7) is 0.291. The van der Waals surface area contributed by atoms with Gasteiger partial charge in [0.25, 0.3) is 10.0 Å². The van der Waals surface area contributed by atoms with Crippen LogP contribution in [0.1, 0.15) is 29.0 Å². The maximum atomic E-state index is 13.0. The van der Waals surface area contributed by atoms with Crippen LogP contribution in [0.5, 0.6) is 0 Å². The molecular formula is C22H17F3N2O2S. The Kier molecular flexibility index (Phi) is 4.94. The molecule has 2 aromatic rings. The summed E-state index contributed by atoms with van der Waals surface area (Å²) in [6, 6.07) is 13.1. The second-order valence-corrected chi connectivity index (χ2v) is 9.07. The van der Waals surface area contributed by atoms with Crippen LogP contribution in [0.15, 0.2) is 71.2 Å². The highest BCUT2D eigenvalue weighted by Crippen LogP contribution is 2.38. The first-order valence-corrected chi connectivity index (χ1v) is 10.8. The van der Waals surface area contributed by atoms with Crippen LogP contribution in [-0.2, 0) is 16.4 Å². The van der Waals surface area contributed by atoms with E-state index < -0.39 is 21.8 Å². The summed E-state index contributed by atoms with van der Waals surface area (Å²) in [5.41, 5.74) is 2.03. The maximum absolute atomic E-state index is 13.0. The van der Waals surface area contributed by atoms with Gasteiger partial charge in [0.1, 0.15) is 0 Å². The monoisotopic (exact) mass is 430 g/mol. The SMILES string of the molecule is N#Cc1ccc(S(=O)(=O)N2CCc3cc(C4C=CC(C(F)(F)F)=CC4)ccc32)cc1. The van der Waals surface area contributed by atoms with Crippen LogP contribution in [0, 0.1) is 11.3 Å². The van der Waals surface area contributed by atoms with Crippen LogP contribution in [0.2, 0.25) is 0 Å². The number of rotatable bonds is 3. The van der Waals surface area contributed by atoms with Crippen molar-refractivity contribution in [2.24, 2.45) is 0 Å². The van der Waals surface area contributed by atoms with E-state index in [-0.39, 0.29) is 17.2 Å². The van der Waals surface area contributed by atoms with E-state index in [1.807, 2.05) is 12.1 Å².